The topological polar surface area (TPSA) is 39.1 Å². The lowest BCUT2D eigenvalue weighted by molar-refractivity contribution is 0.145. The zero-order chi connectivity index (χ0) is 18.4. The van der Waals surface area contributed by atoms with E-state index < -0.39 is 5.82 Å². The summed E-state index contributed by atoms with van der Waals surface area (Å²) in [6.45, 7) is 3.18. The second-order valence-electron chi connectivity index (χ2n) is 8.17. The monoisotopic (exact) mass is 361 g/mol. The first-order chi connectivity index (χ1) is 13.2. The molecule has 27 heavy (non-hydrogen) atoms. The Morgan fingerprint density at radius 1 is 1.07 bits per heavy atom. The second kappa shape index (κ2) is 6.74. The van der Waals surface area contributed by atoms with Gasteiger partial charge in [0.05, 0.1) is 5.56 Å². The molecule has 3 fully saturated rings. The predicted molar refractivity (Wildman–Crippen MR) is 104 cm³/mol. The van der Waals surface area contributed by atoms with Gasteiger partial charge in [-0.3, -0.25) is 4.90 Å². The molecule has 2 atom stereocenters. The minimum atomic E-state index is -0.428. The van der Waals surface area contributed by atoms with Gasteiger partial charge in [0.25, 0.3) is 0 Å². The van der Waals surface area contributed by atoms with Crippen LogP contribution in [0.15, 0.2) is 36.4 Å². The Morgan fingerprint density at radius 3 is 2.52 bits per heavy atom. The molecule has 0 radical (unpaired) electrons. The minimum absolute atomic E-state index is 0.111. The number of rotatable bonds is 4. The highest BCUT2D eigenvalue weighted by Gasteiger charge is 2.37. The number of nitriles is 1. The van der Waals surface area contributed by atoms with Gasteiger partial charge >= 0.3 is 0 Å². The van der Waals surface area contributed by atoms with Gasteiger partial charge in [-0.1, -0.05) is 24.3 Å². The van der Waals surface area contributed by atoms with Gasteiger partial charge in [0.2, 0.25) is 0 Å². The first-order valence-corrected chi connectivity index (χ1v) is 10.0. The van der Waals surface area contributed by atoms with Gasteiger partial charge in [-0.25, -0.2) is 4.39 Å². The average molecular weight is 361 g/mol. The van der Waals surface area contributed by atoms with Gasteiger partial charge < -0.3 is 5.32 Å². The molecule has 3 aliphatic rings. The van der Waals surface area contributed by atoms with Gasteiger partial charge in [0.1, 0.15) is 11.9 Å². The van der Waals surface area contributed by atoms with Crippen LogP contribution >= 0.6 is 0 Å². The molecule has 2 aromatic rings. The molecule has 1 N–H and O–H groups in total. The maximum absolute atomic E-state index is 14.2. The van der Waals surface area contributed by atoms with Crippen molar-refractivity contribution in [2.75, 3.05) is 13.1 Å². The molecule has 0 spiro atoms. The summed E-state index contributed by atoms with van der Waals surface area (Å²) >= 11 is 0. The number of halogens is 1. The zero-order valence-electron chi connectivity index (χ0n) is 15.4. The van der Waals surface area contributed by atoms with E-state index in [0.29, 0.717) is 18.0 Å². The molecule has 1 aliphatic carbocycles. The highest BCUT2D eigenvalue weighted by atomic mass is 19.1. The summed E-state index contributed by atoms with van der Waals surface area (Å²) in [7, 11) is 0. The van der Waals surface area contributed by atoms with Crippen LogP contribution in [0.3, 0.4) is 0 Å². The first-order valence-electron chi connectivity index (χ1n) is 10.0. The van der Waals surface area contributed by atoms with E-state index in [-0.39, 0.29) is 5.56 Å². The number of benzene rings is 2. The molecule has 3 nitrogen and oxygen atoms in total. The van der Waals surface area contributed by atoms with Crippen molar-refractivity contribution in [3.63, 3.8) is 0 Å². The van der Waals surface area contributed by atoms with Crippen LogP contribution in [0.2, 0.25) is 0 Å². The molecule has 2 heterocycles. The Labute approximate surface area is 159 Å². The average Bonchev–Trinajstić information content (AvgIpc) is 3.49. The molecular weight excluding hydrogens is 337 g/mol. The molecule has 2 aromatic carbocycles. The van der Waals surface area contributed by atoms with Crippen molar-refractivity contribution < 1.29 is 4.39 Å². The number of nitrogens with zero attached hydrogens (tertiary/aromatic N) is 2. The van der Waals surface area contributed by atoms with Gasteiger partial charge in [0.15, 0.2) is 0 Å². The summed E-state index contributed by atoms with van der Waals surface area (Å²) in [6.07, 6.45) is 5.02. The first kappa shape index (κ1) is 16.9. The fraction of sp³-hybridized carbons (Fsp3) is 0.435. The summed E-state index contributed by atoms with van der Waals surface area (Å²) in [5, 5.41) is 12.6. The number of nitrogens with one attached hydrogen (secondary N) is 1. The van der Waals surface area contributed by atoms with Crippen molar-refractivity contribution >= 4 is 0 Å². The van der Waals surface area contributed by atoms with E-state index in [1.165, 1.54) is 42.9 Å². The van der Waals surface area contributed by atoms with Gasteiger partial charge in [-0.2, -0.15) is 5.26 Å². The van der Waals surface area contributed by atoms with Crippen LogP contribution in [0.25, 0.3) is 11.1 Å². The summed E-state index contributed by atoms with van der Waals surface area (Å²) in [5.74, 6) is 0.165. The molecule has 2 aliphatic heterocycles. The van der Waals surface area contributed by atoms with Gasteiger partial charge in [-0.15, -0.1) is 0 Å². The number of piperazine rings is 1. The van der Waals surface area contributed by atoms with Crippen molar-refractivity contribution in [2.45, 2.75) is 50.2 Å². The smallest absolute Gasteiger partial charge is 0.141 e. The third kappa shape index (κ3) is 3.05. The van der Waals surface area contributed by atoms with Crippen molar-refractivity contribution in [3.8, 4) is 17.2 Å². The summed E-state index contributed by atoms with van der Waals surface area (Å²) in [4.78, 5) is 2.68. The van der Waals surface area contributed by atoms with E-state index in [1.807, 2.05) is 12.1 Å². The van der Waals surface area contributed by atoms with E-state index in [9.17, 15) is 4.39 Å². The van der Waals surface area contributed by atoms with Crippen molar-refractivity contribution in [1.29, 1.82) is 5.26 Å². The number of hydrogen-bond acceptors (Lipinski definition) is 3. The largest absolute Gasteiger partial charge is 0.314 e. The third-order valence-electron chi connectivity index (χ3n) is 6.47. The van der Waals surface area contributed by atoms with Gasteiger partial charge in [0, 0.05) is 31.7 Å². The molecule has 2 saturated heterocycles. The highest BCUT2D eigenvalue weighted by molar-refractivity contribution is 5.71. The number of hydrogen-bond donors (Lipinski definition) is 1. The number of fused-ring (bicyclic) bond motifs is 2. The fourth-order valence-corrected chi connectivity index (χ4v) is 4.95. The van der Waals surface area contributed by atoms with Gasteiger partial charge in [-0.05, 0) is 66.0 Å². The van der Waals surface area contributed by atoms with E-state index in [0.717, 1.165) is 30.8 Å². The second-order valence-corrected chi connectivity index (χ2v) is 8.17. The van der Waals surface area contributed by atoms with E-state index >= 15 is 0 Å². The van der Waals surface area contributed by atoms with E-state index in [2.05, 4.69) is 28.4 Å². The maximum Gasteiger partial charge on any atom is 0.141 e. The molecule has 4 heteroatoms. The highest BCUT2D eigenvalue weighted by Crippen LogP contribution is 2.47. The summed E-state index contributed by atoms with van der Waals surface area (Å²) < 4.78 is 14.2. The Balaban J connectivity index is 1.53. The molecular formula is C23H24FN3. The van der Waals surface area contributed by atoms with Crippen LogP contribution in [0.4, 0.5) is 4.39 Å². The minimum Gasteiger partial charge on any atom is -0.314 e. The van der Waals surface area contributed by atoms with Crippen LogP contribution in [-0.4, -0.2) is 30.1 Å². The van der Waals surface area contributed by atoms with Crippen molar-refractivity contribution in [3.05, 3.63) is 58.9 Å². The zero-order valence-corrected chi connectivity index (χ0v) is 15.4. The normalized spacial score (nSPS) is 24.7. The van der Waals surface area contributed by atoms with E-state index in [4.69, 9.17) is 5.26 Å². The van der Waals surface area contributed by atoms with Crippen molar-refractivity contribution in [1.82, 2.24) is 10.2 Å². The molecule has 0 amide bonds. The molecule has 1 saturated carbocycles. The standard InChI is InChI=1S/C23H24FN3/c24-22-10-16(6-7-17(22)11-25)21-3-1-2-18(23(21)15-4-5-15)14-27-19-8-9-20(27)13-26-12-19/h1-3,6-7,10,15,19-20,26H,4-5,8-9,12-14H2. The lowest BCUT2D eigenvalue weighted by Crippen LogP contribution is -2.51. The van der Waals surface area contributed by atoms with Crippen LogP contribution < -0.4 is 5.32 Å². The molecule has 2 unspecified atom stereocenters. The Morgan fingerprint density at radius 2 is 1.85 bits per heavy atom. The Hall–Kier alpha value is -2.22. The quantitative estimate of drug-likeness (QED) is 0.888. The molecule has 138 valence electrons. The molecule has 2 bridgehead atoms. The summed E-state index contributed by atoms with van der Waals surface area (Å²) in [5.41, 5.74) is 4.94. The van der Waals surface area contributed by atoms with Crippen LogP contribution in [0.1, 0.15) is 48.3 Å². The van der Waals surface area contributed by atoms with Crippen LogP contribution in [-0.2, 0) is 6.54 Å². The van der Waals surface area contributed by atoms with Crippen molar-refractivity contribution in [2.24, 2.45) is 0 Å². The third-order valence-corrected chi connectivity index (χ3v) is 6.47. The Bertz CT molecular complexity index is 896. The lowest BCUT2D eigenvalue weighted by atomic mass is 9.91. The SMILES string of the molecule is N#Cc1ccc(-c2cccc(CN3C4CCC3CNC4)c2C2CC2)cc1F. The maximum atomic E-state index is 14.2. The van der Waals surface area contributed by atoms with Crippen LogP contribution in [0, 0.1) is 17.1 Å². The lowest BCUT2D eigenvalue weighted by Gasteiger charge is -2.36. The molecule has 0 aromatic heterocycles. The Kier molecular flexibility index (Phi) is 4.22. The van der Waals surface area contributed by atoms with Crippen LogP contribution in [0.5, 0.6) is 0 Å². The van der Waals surface area contributed by atoms with E-state index in [1.54, 1.807) is 6.07 Å². The predicted octanol–water partition coefficient (Wildman–Crippen LogP) is 4.18. The fourth-order valence-electron chi connectivity index (χ4n) is 4.95. The molecule has 5 rings (SSSR count). The summed E-state index contributed by atoms with van der Waals surface area (Å²) in [6, 6.07) is 14.7.